The molecule has 0 aliphatic heterocycles. The SMILES string of the molecule is Cc1cc(C#N)ccc1Oc1ccc(Br)cc1F. The Labute approximate surface area is 113 Å². The largest absolute Gasteiger partial charge is 0.454 e. The van der Waals surface area contributed by atoms with Gasteiger partial charge in [-0.05, 0) is 48.9 Å². The van der Waals surface area contributed by atoms with Gasteiger partial charge in [-0.3, -0.25) is 0 Å². The normalized spacial score (nSPS) is 9.89. The summed E-state index contributed by atoms with van der Waals surface area (Å²) in [6, 6.07) is 11.6. The van der Waals surface area contributed by atoms with Crippen LogP contribution in [0.3, 0.4) is 0 Å². The molecule has 2 rings (SSSR count). The van der Waals surface area contributed by atoms with Gasteiger partial charge in [0.05, 0.1) is 11.6 Å². The highest BCUT2D eigenvalue weighted by Gasteiger charge is 2.07. The maximum absolute atomic E-state index is 13.6. The van der Waals surface area contributed by atoms with Crippen molar-refractivity contribution in [3.05, 3.63) is 57.8 Å². The third-order valence-electron chi connectivity index (χ3n) is 2.42. The van der Waals surface area contributed by atoms with Gasteiger partial charge >= 0.3 is 0 Å². The summed E-state index contributed by atoms with van der Waals surface area (Å²) in [6.45, 7) is 1.81. The topological polar surface area (TPSA) is 33.0 Å². The molecule has 0 atom stereocenters. The second kappa shape index (κ2) is 5.19. The molecule has 0 aromatic heterocycles. The van der Waals surface area contributed by atoms with Gasteiger partial charge in [0.1, 0.15) is 5.75 Å². The van der Waals surface area contributed by atoms with Crippen molar-refractivity contribution in [1.82, 2.24) is 0 Å². The number of benzene rings is 2. The molecule has 4 heteroatoms. The summed E-state index contributed by atoms with van der Waals surface area (Å²) in [5, 5.41) is 8.76. The van der Waals surface area contributed by atoms with Gasteiger partial charge in [-0.15, -0.1) is 0 Å². The first kappa shape index (κ1) is 12.6. The van der Waals surface area contributed by atoms with E-state index in [9.17, 15) is 4.39 Å². The number of aryl methyl sites for hydroxylation is 1. The second-order valence-corrected chi connectivity index (χ2v) is 4.68. The van der Waals surface area contributed by atoms with Gasteiger partial charge in [0, 0.05) is 4.47 Å². The van der Waals surface area contributed by atoms with Crippen molar-refractivity contribution in [2.75, 3.05) is 0 Å². The number of hydrogen-bond acceptors (Lipinski definition) is 2. The van der Waals surface area contributed by atoms with E-state index in [-0.39, 0.29) is 5.75 Å². The van der Waals surface area contributed by atoms with E-state index in [1.807, 2.05) is 13.0 Å². The van der Waals surface area contributed by atoms with Crippen LogP contribution in [0.4, 0.5) is 4.39 Å². The monoisotopic (exact) mass is 305 g/mol. The fourth-order valence-electron chi connectivity index (χ4n) is 1.51. The third kappa shape index (κ3) is 2.69. The number of halogens is 2. The van der Waals surface area contributed by atoms with Gasteiger partial charge < -0.3 is 4.74 Å². The van der Waals surface area contributed by atoms with Crippen LogP contribution in [0.15, 0.2) is 40.9 Å². The van der Waals surface area contributed by atoms with Gasteiger partial charge in [0.2, 0.25) is 0 Å². The zero-order valence-corrected chi connectivity index (χ0v) is 11.2. The maximum atomic E-state index is 13.6. The third-order valence-corrected chi connectivity index (χ3v) is 2.91. The molecule has 2 aromatic carbocycles. The number of ether oxygens (including phenoxy) is 1. The molecule has 0 aliphatic carbocycles. The van der Waals surface area contributed by atoms with Gasteiger partial charge in [-0.1, -0.05) is 15.9 Å². The Morgan fingerprint density at radius 3 is 2.50 bits per heavy atom. The Kier molecular flexibility index (Phi) is 3.63. The Hall–Kier alpha value is -1.86. The Bertz CT molecular complexity index is 634. The van der Waals surface area contributed by atoms with E-state index in [4.69, 9.17) is 10.00 Å². The van der Waals surface area contributed by atoms with Crippen LogP contribution < -0.4 is 4.74 Å². The Morgan fingerprint density at radius 1 is 1.17 bits per heavy atom. The Balaban J connectivity index is 2.32. The van der Waals surface area contributed by atoms with E-state index >= 15 is 0 Å². The quantitative estimate of drug-likeness (QED) is 0.815. The first-order valence-electron chi connectivity index (χ1n) is 5.24. The molecule has 0 aliphatic rings. The number of hydrogen-bond donors (Lipinski definition) is 0. The van der Waals surface area contributed by atoms with E-state index in [0.29, 0.717) is 15.8 Å². The van der Waals surface area contributed by atoms with E-state index in [1.165, 1.54) is 6.07 Å². The van der Waals surface area contributed by atoms with Crippen LogP contribution in [0, 0.1) is 24.1 Å². The van der Waals surface area contributed by atoms with Crippen molar-refractivity contribution in [2.24, 2.45) is 0 Å². The van der Waals surface area contributed by atoms with Gasteiger partial charge in [-0.25, -0.2) is 4.39 Å². The lowest BCUT2D eigenvalue weighted by Crippen LogP contribution is -1.91. The average Bonchev–Trinajstić information content (AvgIpc) is 2.34. The number of nitrogens with zero attached hydrogens (tertiary/aromatic N) is 1. The minimum atomic E-state index is -0.437. The van der Waals surface area contributed by atoms with Crippen LogP contribution in [-0.2, 0) is 0 Å². The van der Waals surface area contributed by atoms with Crippen molar-refractivity contribution in [2.45, 2.75) is 6.92 Å². The predicted octanol–water partition coefficient (Wildman–Crippen LogP) is 4.56. The Morgan fingerprint density at radius 2 is 1.89 bits per heavy atom. The molecule has 18 heavy (non-hydrogen) atoms. The zero-order valence-electron chi connectivity index (χ0n) is 9.58. The summed E-state index contributed by atoms with van der Waals surface area (Å²) in [7, 11) is 0. The highest BCUT2D eigenvalue weighted by Crippen LogP contribution is 2.29. The van der Waals surface area contributed by atoms with E-state index in [2.05, 4.69) is 15.9 Å². The van der Waals surface area contributed by atoms with Crippen LogP contribution in [0.5, 0.6) is 11.5 Å². The molecule has 0 bridgehead atoms. The summed E-state index contributed by atoms with van der Waals surface area (Å²) in [5.74, 6) is 0.259. The average molecular weight is 306 g/mol. The van der Waals surface area contributed by atoms with Crippen LogP contribution in [0.2, 0.25) is 0 Å². The van der Waals surface area contributed by atoms with Gasteiger partial charge in [0.15, 0.2) is 11.6 Å². The summed E-state index contributed by atoms with van der Waals surface area (Å²) in [5.41, 5.74) is 1.34. The van der Waals surface area contributed by atoms with Crippen LogP contribution in [0.25, 0.3) is 0 Å². The van der Waals surface area contributed by atoms with Crippen LogP contribution in [0.1, 0.15) is 11.1 Å². The molecule has 0 radical (unpaired) electrons. The van der Waals surface area contributed by atoms with Gasteiger partial charge in [-0.2, -0.15) is 5.26 Å². The predicted molar refractivity (Wildman–Crippen MR) is 70.1 cm³/mol. The van der Waals surface area contributed by atoms with E-state index < -0.39 is 5.82 Å². The lowest BCUT2D eigenvalue weighted by Gasteiger charge is -2.09. The molecule has 0 heterocycles. The summed E-state index contributed by atoms with van der Waals surface area (Å²) >= 11 is 3.18. The first-order chi connectivity index (χ1) is 8.60. The minimum absolute atomic E-state index is 0.158. The second-order valence-electron chi connectivity index (χ2n) is 3.77. The highest BCUT2D eigenvalue weighted by atomic mass is 79.9. The lowest BCUT2D eigenvalue weighted by molar-refractivity contribution is 0.439. The maximum Gasteiger partial charge on any atom is 0.166 e. The standard InChI is InChI=1S/C14H9BrFNO/c1-9-6-10(8-17)2-4-13(9)18-14-5-3-11(15)7-12(14)16/h2-7H,1H3. The number of nitriles is 1. The molecule has 0 spiro atoms. The highest BCUT2D eigenvalue weighted by molar-refractivity contribution is 9.10. The molecule has 0 N–H and O–H groups in total. The zero-order chi connectivity index (χ0) is 13.1. The summed E-state index contributed by atoms with van der Waals surface area (Å²) in [4.78, 5) is 0. The summed E-state index contributed by atoms with van der Waals surface area (Å²) in [6.07, 6.45) is 0. The van der Waals surface area contributed by atoms with Crippen molar-refractivity contribution in [3.63, 3.8) is 0 Å². The van der Waals surface area contributed by atoms with Crippen LogP contribution >= 0.6 is 15.9 Å². The molecule has 0 saturated heterocycles. The molecule has 0 amide bonds. The molecule has 0 unspecified atom stereocenters. The number of rotatable bonds is 2. The molecule has 0 saturated carbocycles. The van der Waals surface area contributed by atoms with E-state index in [1.54, 1.807) is 30.3 Å². The smallest absolute Gasteiger partial charge is 0.166 e. The molecular formula is C14H9BrFNO. The van der Waals surface area contributed by atoms with Crippen LogP contribution in [-0.4, -0.2) is 0 Å². The van der Waals surface area contributed by atoms with Crippen molar-refractivity contribution < 1.29 is 9.13 Å². The molecular weight excluding hydrogens is 297 g/mol. The molecule has 90 valence electrons. The van der Waals surface area contributed by atoms with Crippen molar-refractivity contribution in [1.29, 1.82) is 5.26 Å². The lowest BCUT2D eigenvalue weighted by atomic mass is 10.1. The molecule has 2 nitrogen and oxygen atoms in total. The minimum Gasteiger partial charge on any atom is -0.454 e. The van der Waals surface area contributed by atoms with Crippen molar-refractivity contribution >= 4 is 15.9 Å². The van der Waals surface area contributed by atoms with Gasteiger partial charge in [0.25, 0.3) is 0 Å². The first-order valence-corrected chi connectivity index (χ1v) is 6.03. The molecule has 2 aromatic rings. The fraction of sp³-hybridized carbons (Fsp3) is 0.0714. The summed E-state index contributed by atoms with van der Waals surface area (Å²) < 4.78 is 19.8. The van der Waals surface area contributed by atoms with E-state index in [0.717, 1.165) is 5.56 Å². The fourth-order valence-corrected chi connectivity index (χ4v) is 1.84. The van der Waals surface area contributed by atoms with Crippen molar-refractivity contribution in [3.8, 4) is 17.6 Å². The molecule has 0 fully saturated rings.